The van der Waals surface area contributed by atoms with Gasteiger partial charge in [-0.3, -0.25) is 4.57 Å². The van der Waals surface area contributed by atoms with E-state index in [9.17, 15) is 0 Å². The van der Waals surface area contributed by atoms with Crippen molar-refractivity contribution in [1.29, 1.82) is 0 Å². The van der Waals surface area contributed by atoms with Gasteiger partial charge in [-0.1, -0.05) is 47.3 Å². The molecule has 35 heavy (non-hydrogen) atoms. The number of ether oxygens (including phenoxy) is 3. The molecule has 182 valence electrons. The lowest BCUT2D eigenvalue weighted by Crippen LogP contribution is -2.38. The fourth-order valence-corrected chi connectivity index (χ4v) is 4.59. The molecule has 0 atom stereocenters. The summed E-state index contributed by atoms with van der Waals surface area (Å²) in [6.07, 6.45) is 0. The fourth-order valence-electron chi connectivity index (χ4n) is 3.82. The first-order valence-corrected chi connectivity index (χ1v) is 12.2. The molecule has 10 nitrogen and oxygen atoms in total. The number of aromatic nitrogens is 5. The summed E-state index contributed by atoms with van der Waals surface area (Å²) in [6, 6.07) is 15.8. The first kappa shape index (κ1) is 23.2. The first-order valence-electron chi connectivity index (χ1n) is 11.2. The highest BCUT2D eigenvalue weighted by Gasteiger charge is 2.22. The number of nitrogens with zero attached hydrogens (tertiary/aromatic N) is 6. The van der Waals surface area contributed by atoms with Crippen LogP contribution in [-0.2, 0) is 17.0 Å². The van der Waals surface area contributed by atoms with Crippen LogP contribution in [0.2, 0.25) is 0 Å². The summed E-state index contributed by atoms with van der Waals surface area (Å²) in [5.74, 6) is 3.55. The molecule has 2 aromatic carbocycles. The lowest BCUT2D eigenvalue weighted by molar-refractivity contribution is 0.121. The van der Waals surface area contributed by atoms with E-state index in [-0.39, 0.29) is 0 Å². The van der Waals surface area contributed by atoms with E-state index in [2.05, 4.69) is 41.9 Å². The van der Waals surface area contributed by atoms with Crippen LogP contribution in [-0.4, -0.2) is 65.4 Å². The molecule has 4 aromatic rings. The predicted molar refractivity (Wildman–Crippen MR) is 131 cm³/mol. The molecule has 11 heteroatoms. The molecule has 1 aliphatic heterocycles. The van der Waals surface area contributed by atoms with E-state index in [1.54, 1.807) is 14.2 Å². The highest BCUT2D eigenvalue weighted by atomic mass is 32.2. The van der Waals surface area contributed by atoms with Crippen LogP contribution < -0.4 is 14.4 Å². The average Bonchev–Trinajstić information content (AvgIpc) is 3.55. The van der Waals surface area contributed by atoms with Crippen molar-refractivity contribution in [3.05, 3.63) is 60.0 Å². The van der Waals surface area contributed by atoms with Gasteiger partial charge in [0.25, 0.3) is 0 Å². The maximum Gasteiger partial charge on any atom is 0.237 e. The number of methoxy groups -OCH3 is 2. The van der Waals surface area contributed by atoms with Crippen LogP contribution in [0.4, 0.5) is 5.95 Å². The molecule has 1 aliphatic rings. The largest absolute Gasteiger partial charge is 0.493 e. The second-order valence-corrected chi connectivity index (χ2v) is 8.77. The standard InChI is InChI=1S/C24H26N6O4S/c1-31-19-9-8-18(14-20(19)32-2)22-25-21(34-28-22)16-35-24-27-26-23(29-10-12-33-13-11-29)30(24)15-17-6-4-3-5-7-17/h3-9,14H,10-13,15-16H2,1-2H3. The topological polar surface area (TPSA) is 101 Å². The highest BCUT2D eigenvalue weighted by Crippen LogP contribution is 2.32. The van der Waals surface area contributed by atoms with Crippen LogP contribution in [0.1, 0.15) is 11.5 Å². The lowest BCUT2D eigenvalue weighted by Gasteiger charge is -2.28. The van der Waals surface area contributed by atoms with Crippen LogP contribution >= 0.6 is 11.8 Å². The zero-order chi connectivity index (χ0) is 24.0. The molecule has 2 aromatic heterocycles. The van der Waals surface area contributed by atoms with Crippen LogP contribution in [0.15, 0.2) is 58.2 Å². The van der Waals surface area contributed by atoms with Gasteiger partial charge in [-0.05, 0) is 23.8 Å². The number of thioether (sulfide) groups is 1. The Morgan fingerprint density at radius 2 is 1.77 bits per heavy atom. The number of benzene rings is 2. The van der Waals surface area contributed by atoms with E-state index < -0.39 is 0 Å². The molecular formula is C24H26N6O4S. The lowest BCUT2D eigenvalue weighted by atomic mass is 10.2. The van der Waals surface area contributed by atoms with Crippen molar-refractivity contribution in [3.63, 3.8) is 0 Å². The fraction of sp³-hybridized carbons (Fsp3) is 0.333. The van der Waals surface area contributed by atoms with E-state index in [0.29, 0.717) is 48.7 Å². The van der Waals surface area contributed by atoms with Crippen molar-refractivity contribution >= 4 is 17.7 Å². The smallest absolute Gasteiger partial charge is 0.237 e. The van der Waals surface area contributed by atoms with Crippen molar-refractivity contribution in [2.45, 2.75) is 17.5 Å². The van der Waals surface area contributed by atoms with Crippen LogP contribution in [0, 0.1) is 0 Å². The third-order valence-corrected chi connectivity index (χ3v) is 6.56. The molecule has 0 N–H and O–H groups in total. The predicted octanol–water partition coefficient (Wildman–Crippen LogP) is 3.52. The van der Waals surface area contributed by atoms with Gasteiger partial charge >= 0.3 is 0 Å². The van der Waals surface area contributed by atoms with Gasteiger partial charge in [-0.15, -0.1) is 10.2 Å². The van der Waals surface area contributed by atoms with Crippen LogP contribution in [0.5, 0.6) is 11.5 Å². The van der Waals surface area contributed by atoms with Crippen LogP contribution in [0.3, 0.4) is 0 Å². The monoisotopic (exact) mass is 494 g/mol. The molecule has 0 saturated carbocycles. The Bertz CT molecular complexity index is 1260. The molecule has 1 fully saturated rings. The van der Waals surface area contributed by atoms with Crippen molar-refractivity contribution < 1.29 is 18.7 Å². The highest BCUT2D eigenvalue weighted by molar-refractivity contribution is 7.98. The third-order valence-electron chi connectivity index (χ3n) is 5.61. The summed E-state index contributed by atoms with van der Waals surface area (Å²) in [6.45, 7) is 3.61. The van der Waals surface area contributed by atoms with Gasteiger partial charge in [-0.2, -0.15) is 4.98 Å². The summed E-state index contributed by atoms with van der Waals surface area (Å²) >= 11 is 1.52. The second-order valence-electron chi connectivity index (χ2n) is 7.82. The zero-order valence-corrected chi connectivity index (χ0v) is 20.4. The quantitative estimate of drug-likeness (QED) is 0.321. The SMILES string of the molecule is COc1ccc(-c2noc(CSc3nnc(N4CCOCC4)n3Cc3ccccc3)n2)cc1OC. The molecule has 0 radical (unpaired) electrons. The molecule has 0 bridgehead atoms. The summed E-state index contributed by atoms with van der Waals surface area (Å²) in [7, 11) is 3.19. The number of rotatable bonds is 9. The zero-order valence-electron chi connectivity index (χ0n) is 19.6. The second kappa shape index (κ2) is 10.8. The minimum atomic E-state index is 0.469. The van der Waals surface area contributed by atoms with Gasteiger partial charge in [0.15, 0.2) is 16.7 Å². The van der Waals surface area contributed by atoms with E-state index in [1.807, 2.05) is 36.4 Å². The van der Waals surface area contributed by atoms with Crippen LogP contribution in [0.25, 0.3) is 11.4 Å². The minimum absolute atomic E-state index is 0.469. The molecule has 1 saturated heterocycles. The third kappa shape index (κ3) is 5.25. The molecule has 0 unspecified atom stereocenters. The molecule has 5 rings (SSSR count). The number of hydrogen-bond acceptors (Lipinski definition) is 10. The first-order chi connectivity index (χ1) is 17.2. The molecule has 0 amide bonds. The Balaban J connectivity index is 1.34. The van der Waals surface area contributed by atoms with Gasteiger partial charge in [0, 0.05) is 18.7 Å². The van der Waals surface area contributed by atoms with Crippen molar-refractivity contribution in [3.8, 4) is 22.9 Å². The van der Waals surface area contributed by atoms with E-state index in [0.717, 1.165) is 29.8 Å². The van der Waals surface area contributed by atoms with Gasteiger partial charge in [0.1, 0.15) is 0 Å². The van der Waals surface area contributed by atoms with Gasteiger partial charge < -0.3 is 23.6 Å². The Labute approximate surface area is 207 Å². The van der Waals surface area contributed by atoms with E-state index in [1.165, 1.54) is 17.3 Å². The molecule has 0 spiro atoms. The summed E-state index contributed by atoms with van der Waals surface area (Å²) < 4.78 is 23.8. The number of morpholine rings is 1. The minimum Gasteiger partial charge on any atom is -0.493 e. The summed E-state index contributed by atoms with van der Waals surface area (Å²) in [5.41, 5.74) is 1.96. The van der Waals surface area contributed by atoms with Gasteiger partial charge in [0.2, 0.25) is 17.7 Å². The van der Waals surface area contributed by atoms with Gasteiger partial charge in [0.05, 0.1) is 39.7 Å². The summed E-state index contributed by atoms with van der Waals surface area (Å²) in [4.78, 5) is 6.77. The Kier molecular flexibility index (Phi) is 7.15. The average molecular weight is 495 g/mol. The van der Waals surface area contributed by atoms with Crippen molar-refractivity contribution in [1.82, 2.24) is 24.9 Å². The summed E-state index contributed by atoms with van der Waals surface area (Å²) in [5, 5.41) is 13.9. The maximum atomic E-state index is 5.51. The Morgan fingerprint density at radius 1 is 0.971 bits per heavy atom. The normalized spacial score (nSPS) is 13.7. The van der Waals surface area contributed by atoms with E-state index in [4.69, 9.17) is 18.7 Å². The number of anilines is 1. The Hall–Kier alpha value is -3.57. The van der Waals surface area contributed by atoms with Crippen molar-refractivity contribution in [2.75, 3.05) is 45.4 Å². The maximum absolute atomic E-state index is 5.51. The van der Waals surface area contributed by atoms with Gasteiger partial charge in [-0.25, -0.2) is 0 Å². The molecular weight excluding hydrogens is 468 g/mol. The number of hydrogen-bond donors (Lipinski definition) is 0. The molecule has 3 heterocycles. The molecule has 0 aliphatic carbocycles. The van der Waals surface area contributed by atoms with E-state index >= 15 is 0 Å². The van der Waals surface area contributed by atoms with Crippen molar-refractivity contribution in [2.24, 2.45) is 0 Å². The Morgan fingerprint density at radius 3 is 2.54 bits per heavy atom.